The molecule has 0 heterocycles. The maximum atomic E-state index is 12.4. The van der Waals surface area contributed by atoms with E-state index in [0.717, 1.165) is 64.2 Å². The van der Waals surface area contributed by atoms with Crippen LogP contribution in [0.15, 0.2) is 60.8 Å². The van der Waals surface area contributed by atoms with Crippen LogP contribution in [0.2, 0.25) is 0 Å². The van der Waals surface area contributed by atoms with Crippen molar-refractivity contribution in [1.82, 2.24) is 0 Å². The molecule has 0 saturated carbocycles. The fraction of sp³-hybridized carbons (Fsp3) is 0.636. The van der Waals surface area contributed by atoms with Crippen molar-refractivity contribution in [3.05, 3.63) is 60.8 Å². The van der Waals surface area contributed by atoms with Crippen LogP contribution in [0.3, 0.4) is 0 Å². The second kappa shape index (κ2) is 29.8. The van der Waals surface area contributed by atoms with E-state index in [4.69, 9.17) is 24.3 Å². The third-order valence-electron chi connectivity index (χ3n) is 5.96. The van der Waals surface area contributed by atoms with Crippen molar-refractivity contribution < 1.29 is 37.6 Å². The zero-order valence-electron chi connectivity index (χ0n) is 26.4. The molecule has 10 heteroatoms. The molecule has 0 aromatic heterocycles. The molecule has 2 unspecified atom stereocenters. The number of hydrogen-bond donors (Lipinski definition) is 2. The van der Waals surface area contributed by atoms with Crippen molar-refractivity contribution in [3.8, 4) is 0 Å². The molecule has 9 nitrogen and oxygen atoms in total. The molecule has 0 aliphatic carbocycles. The van der Waals surface area contributed by atoms with Gasteiger partial charge in [-0.25, -0.2) is 4.57 Å². The molecule has 43 heavy (non-hydrogen) atoms. The summed E-state index contributed by atoms with van der Waals surface area (Å²) in [6.07, 6.45) is 31.3. The molecule has 0 fully saturated rings. The normalized spacial score (nSPS) is 14.4. The zero-order chi connectivity index (χ0) is 31.9. The molecule has 0 aliphatic heterocycles. The summed E-state index contributed by atoms with van der Waals surface area (Å²) < 4.78 is 32.4. The summed E-state index contributed by atoms with van der Waals surface area (Å²) in [5.41, 5.74) is 5.30. The van der Waals surface area contributed by atoms with Crippen LogP contribution in [-0.2, 0) is 32.7 Å². The molecule has 0 aliphatic rings. The molecule has 246 valence electrons. The van der Waals surface area contributed by atoms with E-state index in [1.165, 1.54) is 0 Å². The number of hydrogen-bond acceptors (Lipinski definition) is 8. The second-order valence-corrected chi connectivity index (χ2v) is 11.4. The fourth-order valence-corrected chi connectivity index (χ4v) is 4.43. The van der Waals surface area contributed by atoms with Gasteiger partial charge in [-0.05, 0) is 57.8 Å². The first-order chi connectivity index (χ1) is 20.8. The van der Waals surface area contributed by atoms with E-state index in [0.29, 0.717) is 12.8 Å². The van der Waals surface area contributed by atoms with Gasteiger partial charge in [0.15, 0.2) is 6.10 Å². The summed E-state index contributed by atoms with van der Waals surface area (Å²) >= 11 is 0. The number of phosphoric acid groups is 1. The number of phosphoric ester groups is 1. The lowest BCUT2D eigenvalue weighted by Gasteiger charge is -2.19. The van der Waals surface area contributed by atoms with Gasteiger partial charge in [0.2, 0.25) is 0 Å². The van der Waals surface area contributed by atoms with Crippen molar-refractivity contribution in [2.24, 2.45) is 5.73 Å². The van der Waals surface area contributed by atoms with Gasteiger partial charge in [-0.3, -0.25) is 18.6 Å². The van der Waals surface area contributed by atoms with Gasteiger partial charge in [0.05, 0.1) is 13.2 Å². The highest BCUT2D eigenvalue weighted by atomic mass is 31.2. The number of carbonyl (C=O) groups is 2. The first-order valence-electron chi connectivity index (χ1n) is 15.8. The highest BCUT2D eigenvalue weighted by molar-refractivity contribution is 7.47. The van der Waals surface area contributed by atoms with Gasteiger partial charge in [-0.1, -0.05) is 93.9 Å². The van der Waals surface area contributed by atoms with Crippen molar-refractivity contribution in [2.75, 3.05) is 26.4 Å². The molecular formula is C33H56NO8P. The first kappa shape index (κ1) is 40.7. The lowest BCUT2D eigenvalue weighted by molar-refractivity contribution is -0.161. The monoisotopic (exact) mass is 625 g/mol. The third-order valence-corrected chi connectivity index (χ3v) is 6.94. The number of rotatable bonds is 28. The number of carbonyl (C=O) groups excluding carboxylic acids is 2. The van der Waals surface area contributed by atoms with Gasteiger partial charge >= 0.3 is 19.8 Å². The average molecular weight is 626 g/mol. The molecule has 0 bridgehead atoms. The second-order valence-electron chi connectivity index (χ2n) is 9.97. The number of allylic oxidation sites excluding steroid dienone is 10. The van der Waals surface area contributed by atoms with Crippen molar-refractivity contribution in [3.63, 3.8) is 0 Å². The van der Waals surface area contributed by atoms with Crippen molar-refractivity contribution >= 4 is 19.8 Å². The quantitative estimate of drug-likeness (QED) is 0.0293. The molecule has 0 aromatic rings. The van der Waals surface area contributed by atoms with Crippen LogP contribution in [0.25, 0.3) is 0 Å². The predicted octanol–water partition coefficient (Wildman–Crippen LogP) is 7.82. The average Bonchev–Trinajstić information content (AvgIpc) is 2.99. The Kier molecular flexibility index (Phi) is 28.2. The van der Waals surface area contributed by atoms with Crippen LogP contribution < -0.4 is 5.73 Å². The molecular weight excluding hydrogens is 569 g/mol. The Morgan fingerprint density at radius 2 is 1.33 bits per heavy atom. The highest BCUT2D eigenvalue weighted by Gasteiger charge is 2.25. The minimum absolute atomic E-state index is 0.0423. The van der Waals surface area contributed by atoms with Crippen LogP contribution in [0.1, 0.15) is 104 Å². The van der Waals surface area contributed by atoms with Gasteiger partial charge in [0, 0.05) is 19.4 Å². The van der Waals surface area contributed by atoms with E-state index in [9.17, 15) is 19.0 Å². The summed E-state index contributed by atoms with van der Waals surface area (Å²) in [5, 5.41) is 0. The molecule has 0 radical (unpaired) electrons. The van der Waals surface area contributed by atoms with E-state index in [2.05, 4.69) is 56.4 Å². The van der Waals surface area contributed by atoms with Gasteiger partial charge in [-0.2, -0.15) is 0 Å². The van der Waals surface area contributed by atoms with Gasteiger partial charge in [-0.15, -0.1) is 0 Å². The minimum atomic E-state index is -4.38. The summed E-state index contributed by atoms with van der Waals surface area (Å²) in [4.78, 5) is 34.4. The van der Waals surface area contributed by atoms with Crippen LogP contribution in [-0.4, -0.2) is 49.3 Å². The third kappa shape index (κ3) is 29.6. The van der Waals surface area contributed by atoms with E-state index in [1.807, 2.05) is 18.2 Å². The standard InChI is InChI=1S/C33H56NO8P/c1-3-5-7-9-11-13-14-15-16-18-20-22-24-26-33(36)42-31(30-41-43(37,38)40-28-27-34)29-39-32(35)25-23-21-19-17-12-10-8-6-4-2/h5-9,11-14,17,31H,3-4,10,15-16,18-30,34H2,1-2H3,(H,37,38)/b7-5+,8-6+,11-9+,14-13+,17-12+. The van der Waals surface area contributed by atoms with E-state index in [1.54, 1.807) is 0 Å². The Hall–Kier alpha value is -2.29. The van der Waals surface area contributed by atoms with Crippen LogP contribution >= 0.6 is 7.82 Å². The lowest BCUT2D eigenvalue weighted by atomic mass is 10.1. The summed E-state index contributed by atoms with van der Waals surface area (Å²) in [6, 6.07) is 0. The number of esters is 2. The molecule has 3 N–H and O–H groups in total. The highest BCUT2D eigenvalue weighted by Crippen LogP contribution is 2.43. The minimum Gasteiger partial charge on any atom is -0.462 e. The molecule has 0 saturated heterocycles. The molecule has 0 amide bonds. The Bertz CT molecular complexity index is 897. The lowest BCUT2D eigenvalue weighted by Crippen LogP contribution is -2.29. The van der Waals surface area contributed by atoms with Crippen molar-refractivity contribution in [2.45, 2.75) is 110 Å². The van der Waals surface area contributed by atoms with Gasteiger partial charge in [0.1, 0.15) is 6.61 Å². The largest absolute Gasteiger partial charge is 0.472 e. The first-order valence-corrected chi connectivity index (χ1v) is 17.3. The van der Waals surface area contributed by atoms with Crippen LogP contribution in [0, 0.1) is 0 Å². The van der Waals surface area contributed by atoms with Crippen LogP contribution in [0.4, 0.5) is 0 Å². The van der Waals surface area contributed by atoms with E-state index < -0.39 is 32.5 Å². The number of ether oxygens (including phenoxy) is 2. The summed E-state index contributed by atoms with van der Waals surface area (Å²) in [7, 11) is -4.38. The number of nitrogens with two attached hydrogens (primary N) is 1. The Morgan fingerprint density at radius 3 is 2.07 bits per heavy atom. The number of unbranched alkanes of at least 4 members (excludes halogenated alkanes) is 7. The molecule has 0 spiro atoms. The molecule has 0 aromatic carbocycles. The maximum Gasteiger partial charge on any atom is 0.472 e. The van der Waals surface area contributed by atoms with E-state index >= 15 is 0 Å². The topological polar surface area (TPSA) is 134 Å². The van der Waals surface area contributed by atoms with Crippen molar-refractivity contribution in [1.29, 1.82) is 0 Å². The Morgan fingerprint density at radius 1 is 0.721 bits per heavy atom. The summed E-state index contributed by atoms with van der Waals surface area (Å²) in [5.74, 6) is -0.908. The smallest absolute Gasteiger partial charge is 0.462 e. The zero-order valence-corrected chi connectivity index (χ0v) is 27.3. The molecule has 2 atom stereocenters. The Balaban J connectivity index is 4.41. The predicted molar refractivity (Wildman–Crippen MR) is 173 cm³/mol. The van der Waals surface area contributed by atoms with E-state index in [-0.39, 0.29) is 32.6 Å². The summed E-state index contributed by atoms with van der Waals surface area (Å²) in [6.45, 7) is 3.35. The van der Waals surface area contributed by atoms with Crippen LogP contribution in [0.5, 0.6) is 0 Å². The van der Waals surface area contributed by atoms with Gasteiger partial charge < -0.3 is 20.1 Å². The SMILES string of the molecule is CC/C=C/C=C/C=C/CCCCCCCC(=O)OC(COC(=O)CCCC/C=C/C/C=C/CC)COP(=O)(O)OCCN. The molecule has 0 rings (SSSR count). The maximum absolute atomic E-state index is 12.4. The Labute approximate surface area is 259 Å². The van der Waals surface area contributed by atoms with Gasteiger partial charge in [0.25, 0.3) is 0 Å². The fourth-order valence-electron chi connectivity index (χ4n) is 3.67.